The van der Waals surface area contributed by atoms with E-state index in [1.807, 2.05) is 30.0 Å². The van der Waals surface area contributed by atoms with Crippen LogP contribution >= 0.6 is 31.9 Å². The van der Waals surface area contributed by atoms with E-state index in [1.165, 1.54) is 0 Å². The summed E-state index contributed by atoms with van der Waals surface area (Å²) in [7, 11) is 0. The Morgan fingerprint density at radius 2 is 2.10 bits per heavy atom. The van der Waals surface area contributed by atoms with Crippen molar-refractivity contribution in [2.24, 2.45) is 0 Å². The van der Waals surface area contributed by atoms with Crippen molar-refractivity contribution >= 4 is 37.8 Å². The SMILES string of the molecule is Cc1ccc(Br)cc1C(=O)N1CCC(OCCBr)CC1. The number of hydrogen-bond acceptors (Lipinski definition) is 2. The second-order valence-electron chi connectivity index (χ2n) is 5.01. The van der Waals surface area contributed by atoms with E-state index in [4.69, 9.17) is 4.74 Å². The molecule has 110 valence electrons. The molecular weight excluding hydrogens is 386 g/mol. The molecule has 0 spiro atoms. The number of likely N-dealkylation sites (tertiary alicyclic amines) is 1. The molecule has 1 fully saturated rings. The molecule has 1 aliphatic heterocycles. The van der Waals surface area contributed by atoms with Gasteiger partial charge in [0.25, 0.3) is 5.91 Å². The van der Waals surface area contributed by atoms with Crippen LogP contribution in [0.3, 0.4) is 0 Å². The Morgan fingerprint density at radius 3 is 2.75 bits per heavy atom. The van der Waals surface area contributed by atoms with Crippen LogP contribution in [0.5, 0.6) is 0 Å². The zero-order chi connectivity index (χ0) is 14.5. The van der Waals surface area contributed by atoms with Crippen molar-refractivity contribution in [3.63, 3.8) is 0 Å². The third kappa shape index (κ3) is 4.06. The number of rotatable bonds is 4. The van der Waals surface area contributed by atoms with Crippen LogP contribution in [0.2, 0.25) is 0 Å². The smallest absolute Gasteiger partial charge is 0.254 e. The molecule has 0 radical (unpaired) electrons. The molecule has 0 bridgehead atoms. The Kier molecular flexibility index (Phi) is 6.05. The lowest BCUT2D eigenvalue weighted by Crippen LogP contribution is -2.41. The Hall–Kier alpha value is -0.390. The third-order valence-electron chi connectivity index (χ3n) is 3.59. The van der Waals surface area contributed by atoms with Crippen LogP contribution in [0.1, 0.15) is 28.8 Å². The molecule has 2 rings (SSSR count). The van der Waals surface area contributed by atoms with E-state index in [0.717, 1.165) is 53.5 Å². The van der Waals surface area contributed by atoms with Gasteiger partial charge in [-0.25, -0.2) is 0 Å². The molecule has 5 heteroatoms. The van der Waals surface area contributed by atoms with Gasteiger partial charge in [0.1, 0.15) is 0 Å². The van der Waals surface area contributed by atoms with Crippen molar-refractivity contribution in [2.45, 2.75) is 25.9 Å². The average molecular weight is 405 g/mol. The number of amides is 1. The lowest BCUT2D eigenvalue weighted by molar-refractivity contribution is 0.0160. The summed E-state index contributed by atoms with van der Waals surface area (Å²) in [6, 6.07) is 5.85. The minimum Gasteiger partial charge on any atom is -0.377 e. The Morgan fingerprint density at radius 1 is 1.40 bits per heavy atom. The highest BCUT2D eigenvalue weighted by Crippen LogP contribution is 2.21. The molecule has 0 aromatic heterocycles. The van der Waals surface area contributed by atoms with E-state index < -0.39 is 0 Å². The molecule has 1 aromatic carbocycles. The number of hydrogen-bond donors (Lipinski definition) is 0. The van der Waals surface area contributed by atoms with Crippen molar-refractivity contribution in [1.82, 2.24) is 4.90 Å². The fraction of sp³-hybridized carbons (Fsp3) is 0.533. The first-order valence-electron chi connectivity index (χ1n) is 6.85. The largest absolute Gasteiger partial charge is 0.377 e. The van der Waals surface area contributed by atoms with Crippen molar-refractivity contribution in [3.05, 3.63) is 33.8 Å². The minimum absolute atomic E-state index is 0.128. The van der Waals surface area contributed by atoms with Gasteiger partial charge in [-0.3, -0.25) is 4.79 Å². The Labute approximate surface area is 136 Å². The summed E-state index contributed by atoms with van der Waals surface area (Å²) in [6.45, 7) is 4.27. The standard InChI is InChI=1S/C15H19Br2NO2/c1-11-2-3-12(17)10-14(11)15(19)18-7-4-13(5-8-18)20-9-6-16/h2-3,10,13H,4-9H2,1H3. The molecule has 1 heterocycles. The highest BCUT2D eigenvalue weighted by atomic mass is 79.9. The minimum atomic E-state index is 0.128. The van der Waals surface area contributed by atoms with Gasteiger partial charge in [-0.2, -0.15) is 0 Å². The van der Waals surface area contributed by atoms with Crippen LogP contribution in [-0.2, 0) is 4.74 Å². The maximum atomic E-state index is 12.6. The number of carbonyl (C=O) groups excluding carboxylic acids is 1. The molecule has 1 aliphatic rings. The maximum absolute atomic E-state index is 12.6. The molecule has 1 saturated heterocycles. The topological polar surface area (TPSA) is 29.5 Å². The van der Waals surface area contributed by atoms with Gasteiger partial charge in [0.05, 0.1) is 12.7 Å². The highest BCUT2D eigenvalue weighted by Gasteiger charge is 2.24. The molecule has 20 heavy (non-hydrogen) atoms. The molecule has 0 saturated carbocycles. The second kappa shape index (κ2) is 7.57. The second-order valence-corrected chi connectivity index (χ2v) is 6.72. The van der Waals surface area contributed by atoms with E-state index in [-0.39, 0.29) is 5.91 Å². The van der Waals surface area contributed by atoms with Crippen LogP contribution in [0.15, 0.2) is 22.7 Å². The normalized spacial score (nSPS) is 16.4. The maximum Gasteiger partial charge on any atom is 0.254 e. The highest BCUT2D eigenvalue weighted by molar-refractivity contribution is 9.10. The first-order valence-corrected chi connectivity index (χ1v) is 8.76. The monoisotopic (exact) mass is 403 g/mol. The molecule has 1 aromatic rings. The van der Waals surface area contributed by atoms with Gasteiger partial charge < -0.3 is 9.64 Å². The lowest BCUT2D eigenvalue weighted by atomic mass is 10.0. The fourth-order valence-corrected chi connectivity index (χ4v) is 2.98. The molecule has 0 N–H and O–H groups in total. The predicted molar refractivity (Wildman–Crippen MR) is 87.6 cm³/mol. The van der Waals surface area contributed by atoms with Crippen LogP contribution in [0, 0.1) is 6.92 Å². The first kappa shape index (κ1) is 16.0. The number of ether oxygens (including phenoxy) is 1. The van der Waals surface area contributed by atoms with Gasteiger partial charge in [-0.15, -0.1) is 0 Å². The van der Waals surface area contributed by atoms with Crippen molar-refractivity contribution in [3.8, 4) is 0 Å². The quantitative estimate of drug-likeness (QED) is 0.714. The third-order valence-corrected chi connectivity index (χ3v) is 4.41. The molecule has 0 unspecified atom stereocenters. The van der Waals surface area contributed by atoms with E-state index in [9.17, 15) is 4.79 Å². The van der Waals surface area contributed by atoms with Gasteiger partial charge in [-0.05, 0) is 37.5 Å². The number of nitrogens with zero attached hydrogens (tertiary/aromatic N) is 1. The predicted octanol–water partition coefficient (Wildman–Crippen LogP) is 3.77. The molecule has 1 amide bonds. The number of halogens is 2. The molecule has 3 nitrogen and oxygen atoms in total. The molecule has 0 aliphatic carbocycles. The number of alkyl halides is 1. The summed E-state index contributed by atoms with van der Waals surface area (Å²) in [5.74, 6) is 0.128. The molecular formula is C15H19Br2NO2. The van der Waals surface area contributed by atoms with E-state index >= 15 is 0 Å². The number of carbonyl (C=O) groups is 1. The van der Waals surface area contributed by atoms with Gasteiger partial charge in [0.2, 0.25) is 0 Å². The van der Waals surface area contributed by atoms with Crippen LogP contribution < -0.4 is 0 Å². The van der Waals surface area contributed by atoms with Crippen LogP contribution in [0.4, 0.5) is 0 Å². The first-order chi connectivity index (χ1) is 9.61. The van der Waals surface area contributed by atoms with E-state index in [1.54, 1.807) is 0 Å². The summed E-state index contributed by atoms with van der Waals surface area (Å²) < 4.78 is 6.66. The summed E-state index contributed by atoms with van der Waals surface area (Å²) >= 11 is 6.79. The van der Waals surface area contributed by atoms with E-state index in [0.29, 0.717) is 6.10 Å². The van der Waals surface area contributed by atoms with Gasteiger partial charge in [0, 0.05) is 28.5 Å². The Bertz CT molecular complexity index is 471. The fourth-order valence-electron chi connectivity index (χ4n) is 2.43. The van der Waals surface area contributed by atoms with Crippen molar-refractivity contribution < 1.29 is 9.53 Å². The van der Waals surface area contributed by atoms with Crippen molar-refractivity contribution in [2.75, 3.05) is 25.0 Å². The summed E-state index contributed by atoms with van der Waals surface area (Å²) in [6.07, 6.45) is 2.14. The zero-order valence-corrected chi connectivity index (χ0v) is 14.7. The van der Waals surface area contributed by atoms with Crippen molar-refractivity contribution in [1.29, 1.82) is 0 Å². The van der Waals surface area contributed by atoms with Gasteiger partial charge in [-0.1, -0.05) is 37.9 Å². The summed E-state index contributed by atoms with van der Waals surface area (Å²) in [4.78, 5) is 14.5. The summed E-state index contributed by atoms with van der Waals surface area (Å²) in [5, 5.41) is 0.864. The van der Waals surface area contributed by atoms with Gasteiger partial charge in [0.15, 0.2) is 0 Å². The summed E-state index contributed by atoms with van der Waals surface area (Å²) in [5.41, 5.74) is 1.81. The van der Waals surface area contributed by atoms with Crippen LogP contribution in [-0.4, -0.2) is 41.9 Å². The zero-order valence-electron chi connectivity index (χ0n) is 11.6. The lowest BCUT2D eigenvalue weighted by Gasteiger charge is -2.32. The van der Waals surface area contributed by atoms with Crippen LogP contribution in [0.25, 0.3) is 0 Å². The van der Waals surface area contributed by atoms with E-state index in [2.05, 4.69) is 31.9 Å². The number of benzene rings is 1. The molecule has 0 atom stereocenters. The number of aryl methyl sites for hydroxylation is 1. The average Bonchev–Trinajstić information content (AvgIpc) is 2.47. The number of piperidine rings is 1. The van der Waals surface area contributed by atoms with Gasteiger partial charge >= 0.3 is 0 Å². The Balaban J connectivity index is 1.96.